The number of hydrogen-bond acceptors (Lipinski definition) is 3. The number of halogens is 6. The van der Waals surface area contributed by atoms with Gasteiger partial charge in [-0.1, -0.05) is 12.1 Å². The van der Waals surface area contributed by atoms with E-state index < -0.39 is 29.8 Å². The summed E-state index contributed by atoms with van der Waals surface area (Å²) in [6.45, 7) is 0. The molecule has 1 N–H and O–H groups in total. The van der Waals surface area contributed by atoms with Crippen LogP contribution in [0.2, 0.25) is 0 Å². The predicted molar refractivity (Wildman–Crippen MR) is 85.8 cm³/mol. The normalized spacial score (nSPS) is 12.2. The van der Waals surface area contributed by atoms with Gasteiger partial charge in [0.05, 0.1) is 22.3 Å². The summed E-state index contributed by atoms with van der Waals surface area (Å²) in [4.78, 5) is 15.7. The highest BCUT2D eigenvalue weighted by Gasteiger charge is 2.32. The minimum Gasteiger partial charge on any atom is -0.478 e. The highest BCUT2D eigenvalue weighted by atomic mass is 19.4. The fourth-order valence-corrected chi connectivity index (χ4v) is 2.56. The van der Waals surface area contributed by atoms with Crippen molar-refractivity contribution in [3.63, 3.8) is 0 Å². The molecule has 3 aromatic rings. The fraction of sp³-hybridized carbons (Fsp3) is 0.111. The molecule has 0 aliphatic heterocycles. The van der Waals surface area contributed by atoms with Gasteiger partial charge in [-0.3, -0.25) is 0 Å². The molecule has 0 spiro atoms. The first-order chi connectivity index (χ1) is 12.9. The van der Waals surface area contributed by atoms with Gasteiger partial charge in [0.25, 0.3) is 0 Å². The van der Waals surface area contributed by atoms with Crippen LogP contribution >= 0.6 is 0 Å². The summed E-state index contributed by atoms with van der Waals surface area (Å²) in [5.41, 5.74) is -0.933. The zero-order valence-corrected chi connectivity index (χ0v) is 13.6. The van der Waals surface area contributed by atoms with Crippen molar-refractivity contribution in [1.82, 2.24) is 4.98 Å². The Bertz CT molecular complexity index is 1040. The zero-order valence-electron chi connectivity index (χ0n) is 13.6. The number of carboxylic acid groups (broad SMARTS) is 1. The largest absolute Gasteiger partial charge is 0.573 e. The topological polar surface area (TPSA) is 59.4 Å². The summed E-state index contributed by atoms with van der Waals surface area (Å²) in [7, 11) is 0. The van der Waals surface area contributed by atoms with Gasteiger partial charge in [0, 0.05) is 10.9 Å². The van der Waals surface area contributed by atoms with Crippen LogP contribution in [0.3, 0.4) is 0 Å². The second-order valence-corrected chi connectivity index (χ2v) is 5.66. The number of rotatable bonds is 3. The summed E-state index contributed by atoms with van der Waals surface area (Å²) in [5, 5.41) is 9.28. The molecule has 1 heterocycles. The lowest BCUT2D eigenvalue weighted by Crippen LogP contribution is -2.17. The molecule has 0 amide bonds. The van der Waals surface area contributed by atoms with Crippen LogP contribution in [0.5, 0.6) is 5.75 Å². The highest BCUT2D eigenvalue weighted by molar-refractivity contribution is 6.04. The third kappa shape index (κ3) is 4.16. The van der Waals surface area contributed by atoms with Crippen LogP contribution in [0, 0.1) is 0 Å². The lowest BCUT2D eigenvalue weighted by molar-refractivity contribution is -0.274. The average molecular weight is 401 g/mol. The maximum absolute atomic E-state index is 12.7. The SMILES string of the molecule is O=C(O)c1cc(-c2ccc(C(F)(F)F)cc2)nc2ccc(OC(F)(F)F)cc12. The minimum atomic E-state index is -4.95. The fourth-order valence-electron chi connectivity index (χ4n) is 2.56. The lowest BCUT2D eigenvalue weighted by Gasteiger charge is -2.12. The molecule has 146 valence electrons. The van der Waals surface area contributed by atoms with Gasteiger partial charge in [-0.05, 0) is 36.4 Å². The molecule has 0 radical (unpaired) electrons. The van der Waals surface area contributed by atoms with E-state index in [0.717, 1.165) is 48.5 Å². The number of hydrogen-bond donors (Lipinski definition) is 1. The van der Waals surface area contributed by atoms with Crippen molar-refractivity contribution in [3.05, 3.63) is 59.7 Å². The van der Waals surface area contributed by atoms with E-state index in [4.69, 9.17) is 0 Å². The van der Waals surface area contributed by atoms with Gasteiger partial charge in [-0.2, -0.15) is 13.2 Å². The maximum atomic E-state index is 12.7. The number of pyridine rings is 1. The molecule has 0 saturated heterocycles. The molecular weight excluding hydrogens is 392 g/mol. The molecule has 0 atom stereocenters. The number of carbonyl (C=O) groups is 1. The van der Waals surface area contributed by atoms with E-state index in [1.807, 2.05) is 0 Å². The Kier molecular flexibility index (Phi) is 4.66. The third-order valence-corrected chi connectivity index (χ3v) is 3.75. The molecule has 0 saturated carbocycles. The maximum Gasteiger partial charge on any atom is 0.573 e. The standard InChI is InChI=1S/C18H9F6NO3/c19-17(20,21)10-3-1-9(2-4-10)15-8-13(16(26)27)12-7-11(28-18(22,23)24)5-6-14(12)25-15/h1-8H,(H,26,27). The van der Waals surface area contributed by atoms with E-state index in [9.17, 15) is 36.2 Å². The highest BCUT2D eigenvalue weighted by Crippen LogP contribution is 2.33. The molecule has 2 aromatic carbocycles. The van der Waals surface area contributed by atoms with E-state index in [-0.39, 0.29) is 27.7 Å². The Morgan fingerprint density at radius 3 is 2.11 bits per heavy atom. The Hall–Kier alpha value is -3.30. The second-order valence-electron chi connectivity index (χ2n) is 5.66. The smallest absolute Gasteiger partial charge is 0.478 e. The molecule has 0 aliphatic rings. The quantitative estimate of drug-likeness (QED) is 0.588. The van der Waals surface area contributed by atoms with E-state index in [1.54, 1.807) is 0 Å². The van der Waals surface area contributed by atoms with E-state index in [0.29, 0.717) is 0 Å². The van der Waals surface area contributed by atoms with Crippen LogP contribution in [0.1, 0.15) is 15.9 Å². The Morgan fingerprint density at radius 2 is 1.57 bits per heavy atom. The van der Waals surface area contributed by atoms with Crippen molar-refractivity contribution in [1.29, 1.82) is 0 Å². The molecule has 4 nitrogen and oxygen atoms in total. The van der Waals surface area contributed by atoms with Crippen molar-refractivity contribution in [2.75, 3.05) is 0 Å². The van der Waals surface area contributed by atoms with Gasteiger partial charge in [0.2, 0.25) is 0 Å². The van der Waals surface area contributed by atoms with Gasteiger partial charge in [-0.25, -0.2) is 9.78 Å². The first-order valence-corrected chi connectivity index (χ1v) is 7.55. The lowest BCUT2D eigenvalue weighted by atomic mass is 10.0. The van der Waals surface area contributed by atoms with Crippen molar-refractivity contribution >= 4 is 16.9 Å². The van der Waals surface area contributed by atoms with Gasteiger partial charge >= 0.3 is 18.5 Å². The van der Waals surface area contributed by atoms with Crippen molar-refractivity contribution < 1.29 is 41.0 Å². The second kappa shape index (κ2) is 6.70. The Balaban J connectivity index is 2.10. The number of nitrogens with zero attached hydrogens (tertiary/aromatic N) is 1. The van der Waals surface area contributed by atoms with Crippen LogP contribution in [0.25, 0.3) is 22.2 Å². The summed E-state index contributed by atoms with van der Waals surface area (Å²) in [5.74, 6) is -2.06. The van der Waals surface area contributed by atoms with Crippen LogP contribution in [-0.4, -0.2) is 22.4 Å². The summed E-state index contributed by atoms with van der Waals surface area (Å²) < 4.78 is 78.9. The van der Waals surface area contributed by atoms with Gasteiger partial charge in [0.15, 0.2) is 0 Å². The molecule has 3 rings (SSSR count). The van der Waals surface area contributed by atoms with Gasteiger partial charge in [-0.15, -0.1) is 13.2 Å². The van der Waals surface area contributed by atoms with E-state index in [2.05, 4.69) is 9.72 Å². The average Bonchev–Trinajstić information content (AvgIpc) is 2.58. The summed E-state index contributed by atoms with van der Waals surface area (Å²) >= 11 is 0. The summed E-state index contributed by atoms with van der Waals surface area (Å²) in [6, 6.07) is 7.96. The molecule has 28 heavy (non-hydrogen) atoms. The Morgan fingerprint density at radius 1 is 0.929 bits per heavy atom. The molecule has 10 heteroatoms. The van der Waals surface area contributed by atoms with Crippen LogP contribution in [0.4, 0.5) is 26.3 Å². The number of fused-ring (bicyclic) bond motifs is 1. The van der Waals surface area contributed by atoms with Gasteiger partial charge < -0.3 is 9.84 Å². The number of carboxylic acids is 1. The predicted octanol–water partition coefficient (Wildman–Crippen LogP) is 5.52. The molecule has 0 aliphatic carbocycles. The van der Waals surface area contributed by atoms with Crippen LogP contribution < -0.4 is 4.74 Å². The first-order valence-electron chi connectivity index (χ1n) is 7.55. The van der Waals surface area contributed by atoms with Crippen molar-refractivity contribution in [2.45, 2.75) is 12.5 Å². The van der Waals surface area contributed by atoms with Crippen LogP contribution in [0.15, 0.2) is 48.5 Å². The van der Waals surface area contributed by atoms with Crippen molar-refractivity contribution in [3.8, 4) is 17.0 Å². The van der Waals surface area contributed by atoms with Gasteiger partial charge in [0.1, 0.15) is 5.75 Å². The minimum absolute atomic E-state index is 0.0457. The summed E-state index contributed by atoms with van der Waals surface area (Å²) in [6.07, 6.45) is -9.49. The monoisotopic (exact) mass is 401 g/mol. The number of aromatic nitrogens is 1. The Labute approximate surface area is 153 Å². The molecule has 1 aromatic heterocycles. The van der Waals surface area contributed by atoms with Crippen molar-refractivity contribution in [2.24, 2.45) is 0 Å². The third-order valence-electron chi connectivity index (χ3n) is 3.75. The zero-order chi connectivity index (χ0) is 20.7. The molecule has 0 unspecified atom stereocenters. The van der Waals surface area contributed by atoms with E-state index >= 15 is 0 Å². The van der Waals surface area contributed by atoms with Crippen LogP contribution in [-0.2, 0) is 6.18 Å². The number of benzene rings is 2. The first kappa shape index (κ1) is 19.5. The molecule has 0 bridgehead atoms. The number of aromatic carboxylic acids is 1. The number of alkyl halides is 6. The number of ether oxygens (including phenoxy) is 1. The van der Waals surface area contributed by atoms with E-state index in [1.165, 1.54) is 0 Å². The molecular formula is C18H9F6NO3. The molecule has 0 fully saturated rings.